The van der Waals surface area contributed by atoms with E-state index < -0.39 is 0 Å². The summed E-state index contributed by atoms with van der Waals surface area (Å²) in [7, 11) is 0. The summed E-state index contributed by atoms with van der Waals surface area (Å²) in [5.41, 5.74) is 1.01. The fourth-order valence-corrected chi connectivity index (χ4v) is 1.73. The van der Waals surface area contributed by atoms with Crippen LogP contribution in [0.4, 0.5) is 4.39 Å². The molecule has 1 aliphatic rings. The molecule has 1 aliphatic carbocycles. The van der Waals surface area contributed by atoms with E-state index in [9.17, 15) is 4.39 Å². The average molecular weight is 270 g/mol. The zero-order valence-corrected chi connectivity index (χ0v) is 9.93. The number of nitrogens with one attached hydrogen (secondary N) is 1. The van der Waals surface area contributed by atoms with Crippen LogP contribution in [0.2, 0.25) is 0 Å². The highest BCUT2D eigenvalue weighted by atomic mass is 79.9. The predicted octanol–water partition coefficient (Wildman–Crippen LogP) is 3.35. The molecule has 0 radical (unpaired) electrons. The van der Waals surface area contributed by atoms with E-state index in [4.69, 9.17) is 0 Å². The van der Waals surface area contributed by atoms with Gasteiger partial charge >= 0.3 is 0 Å². The third-order valence-corrected chi connectivity index (χ3v) is 2.96. The monoisotopic (exact) mass is 269 g/mol. The molecule has 1 saturated carbocycles. The SMILES string of the molecule is Fc1ccc(C=CCNC2CC2)cc1Br. The van der Waals surface area contributed by atoms with E-state index >= 15 is 0 Å². The molecule has 0 aromatic heterocycles. The first-order valence-electron chi connectivity index (χ1n) is 5.10. The Labute approximate surface area is 97.5 Å². The molecule has 0 heterocycles. The van der Waals surface area contributed by atoms with Gasteiger partial charge in [-0.25, -0.2) is 4.39 Å². The van der Waals surface area contributed by atoms with Crippen molar-refractivity contribution in [2.75, 3.05) is 6.54 Å². The molecule has 15 heavy (non-hydrogen) atoms. The Morgan fingerprint density at radius 1 is 1.47 bits per heavy atom. The van der Waals surface area contributed by atoms with Crippen LogP contribution in [0.3, 0.4) is 0 Å². The lowest BCUT2D eigenvalue weighted by Crippen LogP contribution is -2.15. The van der Waals surface area contributed by atoms with Gasteiger partial charge in [0.05, 0.1) is 4.47 Å². The van der Waals surface area contributed by atoms with Crippen LogP contribution >= 0.6 is 15.9 Å². The Kier molecular flexibility index (Phi) is 3.54. The maximum Gasteiger partial charge on any atom is 0.137 e. The summed E-state index contributed by atoms with van der Waals surface area (Å²) >= 11 is 3.16. The Bertz CT molecular complexity index is 372. The third kappa shape index (κ3) is 3.43. The minimum absolute atomic E-state index is 0.219. The van der Waals surface area contributed by atoms with Crippen molar-refractivity contribution in [3.05, 3.63) is 40.1 Å². The van der Waals surface area contributed by atoms with Gasteiger partial charge in [-0.15, -0.1) is 0 Å². The van der Waals surface area contributed by atoms with Crippen molar-refractivity contribution in [3.63, 3.8) is 0 Å². The summed E-state index contributed by atoms with van der Waals surface area (Å²) in [6.45, 7) is 0.889. The van der Waals surface area contributed by atoms with E-state index in [2.05, 4.69) is 27.3 Å². The molecule has 3 heteroatoms. The second kappa shape index (κ2) is 4.90. The highest BCUT2D eigenvalue weighted by Gasteiger charge is 2.18. The Hall–Kier alpha value is -0.670. The van der Waals surface area contributed by atoms with Crippen molar-refractivity contribution in [1.29, 1.82) is 0 Å². The molecule has 1 fully saturated rings. The quantitative estimate of drug-likeness (QED) is 0.884. The third-order valence-electron chi connectivity index (χ3n) is 2.36. The molecule has 0 atom stereocenters. The first-order chi connectivity index (χ1) is 7.25. The number of benzene rings is 1. The van der Waals surface area contributed by atoms with Crippen molar-refractivity contribution in [1.82, 2.24) is 5.32 Å². The topological polar surface area (TPSA) is 12.0 Å². The summed E-state index contributed by atoms with van der Waals surface area (Å²) < 4.78 is 13.4. The molecule has 1 aromatic carbocycles. The molecular formula is C12H13BrFN. The normalized spacial score (nSPS) is 16.1. The van der Waals surface area contributed by atoms with Crippen LogP contribution in [-0.2, 0) is 0 Å². The minimum Gasteiger partial charge on any atom is -0.311 e. The van der Waals surface area contributed by atoms with Gasteiger partial charge in [-0.2, -0.15) is 0 Å². The summed E-state index contributed by atoms with van der Waals surface area (Å²) in [5, 5.41) is 3.38. The zero-order chi connectivity index (χ0) is 10.7. The van der Waals surface area contributed by atoms with Gasteiger partial charge in [-0.05, 0) is 46.5 Å². The van der Waals surface area contributed by atoms with Gasteiger partial charge in [-0.3, -0.25) is 0 Å². The molecular weight excluding hydrogens is 257 g/mol. The van der Waals surface area contributed by atoms with Crippen LogP contribution < -0.4 is 5.32 Å². The van der Waals surface area contributed by atoms with Crippen LogP contribution in [0.25, 0.3) is 6.08 Å². The molecule has 1 nitrogen and oxygen atoms in total. The van der Waals surface area contributed by atoms with Gasteiger partial charge in [0.25, 0.3) is 0 Å². The van der Waals surface area contributed by atoms with E-state index in [1.807, 2.05) is 6.08 Å². The van der Waals surface area contributed by atoms with Crippen molar-refractivity contribution in [2.24, 2.45) is 0 Å². The lowest BCUT2D eigenvalue weighted by atomic mass is 10.2. The van der Waals surface area contributed by atoms with E-state index in [0.29, 0.717) is 4.47 Å². The Morgan fingerprint density at radius 3 is 2.93 bits per heavy atom. The van der Waals surface area contributed by atoms with Crippen molar-refractivity contribution in [3.8, 4) is 0 Å². The Balaban J connectivity index is 1.88. The predicted molar refractivity (Wildman–Crippen MR) is 64.2 cm³/mol. The maximum absolute atomic E-state index is 12.9. The molecule has 0 aliphatic heterocycles. The smallest absolute Gasteiger partial charge is 0.137 e. The highest BCUT2D eigenvalue weighted by molar-refractivity contribution is 9.10. The van der Waals surface area contributed by atoms with Crippen LogP contribution in [0.5, 0.6) is 0 Å². The number of hydrogen-bond acceptors (Lipinski definition) is 1. The zero-order valence-electron chi connectivity index (χ0n) is 8.34. The van der Waals surface area contributed by atoms with Crippen molar-refractivity contribution < 1.29 is 4.39 Å². The van der Waals surface area contributed by atoms with Gasteiger partial charge in [-0.1, -0.05) is 18.2 Å². The van der Waals surface area contributed by atoms with E-state index in [0.717, 1.165) is 18.2 Å². The first kappa shape index (κ1) is 10.8. The molecule has 1 aromatic rings. The summed E-state index contributed by atoms with van der Waals surface area (Å²) in [6, 6.07) is 5.75. The van der Waals surface area contributed by atoms with Crippen molar-refractivity contribution >= 4 is 22.0 Å². The molecule has 0 bridgehead atoms. The lowest BCUT2D eigenvalue weighted by molar-refractivity contribution is 0.621. The van der Waals surface area contributed by atoms with Crippen molar-refractivity contribution in [2.45, 2.75) is 18.9 Å². The minimum atomic E-state index is -0.219. The van der Waals surface area contributed by atoms with Gasteiger partial charge in [0.15, 0.2) is 0 Å². The fraction of sp³-hybridized carbons (Fsp3) is 0.333. The van der Waals surface area contributed by atoms with Gasteiger partial charge in [0.1, 0.15) is 5.82 Å². The average Bonchev–Trinajstić information content (AvgIpc) is 3.02. The molecule has 1 N–H and O–H groups in total. The second-order valence-corrected chi connectivity index (χ2v) is 4.61. The van der Waals surface area contributed by atoms with Crippen LogP contribution in [0, 0.1) is 5.82 Å². The molecule has 0 spiro atoms. The van der Waals surface area contributed by atoms with Crippen LogP contribution in [-0.4, -0.2) is 12.6 Å². The number of hydrogen-bond donors (Lipinski definition) is 1. The van der Waals surface area contributed by atoms with E-state index in [1.54, 1.807) is 12.1 Å². The van der Waals surface area contributed by atoms with Crippen LogP contribution in [0.15, 0.2) is 28.7 Å². The lowest BCUT2D eigenvalue weighted by Gasteiger charge is -1.98. The van der Waals surface area contributed by atoms with Crippen LogP contribution in [0.1, 0.15) is 18.4 Å². The highest BCUT2D eigenvalue weighted by Crippen LogP contribution is 2.19. The van der Waals surface area contributed by atoms with Gasteiger partial charge in [0.2, 0.25) is 0 Å². The first-order valence-corrected chi connectivity index (χ1v) is 5.90. The summed E-state index contributed by atoms with van der Waals surface area (Å²) in [6.07, 6.45) is 6.67. The standard InChI is InChI=1S/C12H13BrFN/c13-11-8-9(3-6-12(11)14)2-1-7-15-10-4-5-10/h1-3,6,8,10,15H,4-5,7H2. The summed E-state index contributed by atoms with van der Waals surface area (Å²) in [5.74, 6) is -0.219. The fourth-order valence-electron chi connectivity index (χ4n) is 1.33. The summed E-state index contributed by atoms with van der Waals surface area (Å²) in [4.78, 5) is 0. The second-order valence-electron chi connectivity index (χ2n) is 3.76. The molecule has 2 rings (SSSR count). The largest absolute Gasteiger partial charge is 0.311 e. The number of halogens is 2. The Morgan fingerprint density at radius 2 is 2.27 bits per heavy atom. The molecule has 0 amide bonds. The van der Waals surface area contributed by atoms with Gasteiger partial charge < -0.3 is 5.32 Å². The molecule has 0 saturated heterocycles. The number of rotatable bonds is 4. The molecule has 80 valence electrons. The maximum atomic E-state index is 12.9. The molecule has 0 unspecified atom stereocenters. The van der Waals surface area contributed by atoms with E-state index in [1.165, 1.54) is 18.9 Å². The van der Waals surface area contributed by atoms with Gasteiger partial charge in [0, 0.05) is 12.6 Å². The van der Waals surface area contributed by atoms with E-state index in [-0.39, 0.29) is 5.82 Å².